The highest BCUT2D eigenvalue weighted by atomic mass is 32.2. The van der Waals surface area contributed by atoms with Crippen molar-refractivity contribution in [2.45, 2.75) is 50.6 Å². The number of anilines is 1. The maximum absolute atomic E-state index is 12.4. The second-order valence-corrected chi connectivity index (χ2v) is 8.95. The summed E-state index contributed by atoms with van der Waals surface area (Å²) in [5, 5.41) is 2.60. The van der Waals surface area contributed by atoms with E-state index in [-0.39, 0.29) is 16.9 Å². The zero-order valence-electron chi connectivity index (χ0n) is 16.6. The smallest absolute Gasteiger partial charge is 0.338 e. The Labute approximate surface area is 173 Å². The number of nitrogens with one attached hydrogen (secondary N) is 1. The van der Waals surface area contributed by atoms with Gasteiger partial charge in [-0.05, 0) is 51.5 Å². The quantitative estimate of drug-likeness (QED) is 0.704. The highest BCUT2D eigenvalue weighted by Gasteiger charge is 2.53. The number of esters is 2. The van der Waals surface area contributed by atoms with Gasteiger partial charge >= 0.3 is 11.9 Å². The molecule has 2 heterocycles. The maximum Gasteiger partial charge on any atom is 0.338 e. The van der Waals surface area contributed by atoms with Gasteiger partial charge in [0.05, 0.1) is 16.5 Å². The molecule has 0 saturated carbocycles. The summed E-state index contributed by atoms with van der Waals surface area (Å²) < 4.78 is 10.2. The molecule has 8 nitrogen and oxygen atoms in total. The third-order valence-corrected chi connectivity index (χ3v) is 6.31. The molecular weight excluding hydrogens is 396 g/mol. The van der Waals surface area contributed by atoms with E-state index in [0.717, 1.165) is 0 Å². The zero-order chi connectivity index (χ0) is 21.2. The average molecular weight is 420 g/mol. The first-order valence-electron chi connectivity index (χ1n) is 9.43. The number of fused-ring (bicyclic) bond motifs is 1. The first-order chi connectivity index (χ1) is 13.7. The standard InChI is InChI=1S/C20H24N2O6S/c1-12(2)28-18(25)13-4-6-14(7-5-13)21-16(23)10-27-19(26)15-11-29-20(3)9-8-17(24)22(15)20/h4-7,12,15H,8-11H2,1-3H3,(H,21,23)/t15-,20-/m1/s1. The molecule has 0 unspecified atom stereocenters. The molecule has 0 aliphatic carbocycles. The molecule has 1 aromatic carbocycles. The van der Waals surface area contributed by atoms with Gasteiger partial charge in [0.2, 0.25) is 5.91 Å². The summed E-state index contributed by atoms with van der Waals surface area (Å²) in [5.41, 5.74) is 0.839. The van der Waals surface area contributed by atoms with Crippen LogP contribution in [0.3, 0.4) is 0 Å². The van der Waals surface area contributed by atoms with Crippen molar-refractivity contribution in [2.24, 2.45) is 0 Å². The fourth-order valence-electron chi connectivity index (χ4n) is 3.40. The van der Waals surface area contributed by atoms with Gasteiger partial charge in [-0.3, -0.25) is 9.59 Å². The Hall–Kier alpha value is -2.55. The molecular formula is C20H24N2O6S. The van der Waals surface area contributed by atoms with E-state index >= 15 is 0 Å². The number of nitrogens with zero attached hydrogens (tertiary/aromatic N) is 1. The minimum Gasteiger partial charge on any atom is -0.459 e. The molecule has 2 amide bonds. The highest BCUT2D eigenvalue weighted by molar-refractivity contribution is 8.01. The summed E-state index contributed by atoms with van der Waals surface area (Å²) in [4.78, 5) is 49.6. The minimum atomic E-state index is -0.654. The van der Waals surface area contributed by atoms with Gasteiger partial charge in [0.1, 0.15) is 6.04 Å². The van der Waals surface area contributed by atoms with Gasteiger partial charge < -0.3 is 19.7 Å². The first kappa shape index (κ1) is 21.2. The highest BCUT2D eigenvalue weighted by Crippen LogP contribution is 2.47. The van der Waals surface area contributed by atoms with E-state index in [1.165, 1.54) is 0 Å². The minimum absolute atomic E-state index is 0.0556. The molecule has 0 spiro atoms. The lowest BCUT2D eigenvalue weighted by Gasteiger charge is -2.29. The van der Waals surface area contributed by atoms with Gasteiger partial charge in [-0.2, -0.15) is 0 Å². The van der Waals surface area contributed by atoms with Crippen LogP contribution in [0.25, 0.3) is 0 Å². The Morgan fingerprint density at radius 3 is 2.62 bits per heavy atom. The molecule has 1 aromatic rings. The Bertz CT molecular complexity index is 825. The molecule has 0 aromatic heterocycles. The molecule has 1 N–H and O–H groups in total. The number of amides is 2. The van der Waals surface area contributed by atoms with Crippen LogP contribution in [0, 0.1) is 0 Å². The lowest BCUT2D eigenvalue weighted by atomic mass is 10.2. The van der Waals surface area contributed by atoms with Crippen LogP contribution in [0.2, 0.25) is 0 Å². The van der Waals surface area contributed by atoms with Crippen molar-refractivity contribution in [1.29, 1.82) is 0 Å². The van der Waals surface area contributed by atoms with E-state index in [2.05, 4.69) is 5.32 Å². The fourth-order valence-corrected chi connectivity index (χ4v) is 4.81. The molecule has 2 fully saturated rings. The number of ether oxygens (including phenoxy) is 2. The van der Waals surface area contributed by atoms with E-state index in [9.17, 15) is 19.2 Å². The van der Waals surface area contributed by atoms with Crippen LogP contribution in [-0.4, -0.2) is 58.0 Å². The summed E-state index contributed by atoms with van der Waals surface area (Å²) in [7, 11) is 0. The molecule has 9 heteroatoms. The summed E-state index contributed by atoms with van der Waals surface area (Å²) in [6.45, 7) is 5.02. The van der Waals surface area contributed by atoms with Gasteiger partial charge in [0, 0.05) is 17.9 Å². The van der Waals surface area contributed by atoms with Crippen molar-refractivity contribution >= 4 is 41.2 Å². The van der Waals surface area contributed by atoms with Gasteiger partial charge in [-0.25, -0.2) is 9.59 Å². The monoisotopic (exact) mass is 420 g/mol. The number of carbonyl (C=O) groups is 4. The summed E-state index contributed by atoms with van der Waals surface area (Å²) in [6.07, 6.45) is 0.916. The van der Waals surface area contributed by atoms with Crippen LogP contribution < -0.4 is 5.32 Å². The maximum atomic E-state index is 12.4. The van der Waals surface area contributed by atoms with Crippen LogP contribution in [0.5, 0.6) is 0 Å². The Morgan fingerprint density at radius 2 is 1.97 bits per heavy atom. The Kier molecular flexibility index (Phi) is 6.16. The molecule has 2 aliphatic rings. The van der Waals surface area contributed by atoms with Crippen molar-refractivity contribution in [1.82, 2.24) is 4.90 Å². The third-order valence-electron chi connectivity index (χ3n) is 4.81. The normalized spacial score (nSPS) is 23.1. The van der Waals surface area contributed by atoms with Gasteiger partial charge in [0.25, 0.3) is 5.91 Å². The van der Waals surface area contributed by atoms with Gasteiger partial charge in [-0.1, -0.05) is 0 Å². The molecule has 0 bridgehead atoms. The number of carbonyl (C=O) groups excluding carboxylic acids is 4. The molecule has 2 aliphatic heterocycles. The van der Waals surface area contributed by atoms with E-state index in [0.29, 0.717) is 29.8 Å². The second kappa shape index (κ2) is 8.44. The zero-order valence-corrected chi connectivity index (χ0v) is 17.4. The molecule has 0 radical (unpaired) electrons. The predicted molar refractivity (Wildman–Crippen MR) is 107 cm³/mol. The largest absolute Gasteiger partial charge is 0.459 e. The fraction of sp³-hybridized carbons (Fsp3) is 0.500. The Morgan fingerprint density at radius 1 is 1.28 bits per heavy atom. The van der Waals surface area contributed by atoms with Gasteiger partial charge in [-0.15, -0.1) is 11.8 Å². The van der Waals surface area contributed by atoms with Crippen LogP contribution >= 0.6 is 11.8 Å². The lowest BCUT2D eigenvalue weighted by molar-refractivity contribution is -0.155. The average Bonchev–Trinajstić information content (AvgIpc) is 3.16. The van der Waals surface area contributed by atoms with Crippen molar-refractivity contribution in [2.75, 3.05) is 17.7 Å². The number of hydrogen-bond acceptors (Lipinski definition) is 7. The lowest BCUT2D eigenvalue weighted by Crippen LogP contribution is -2.47. The van der Waals surface area contributed by atoms with Crippen LogP contribution in [0.15, 0.2) is 24.3 Å². The second-order valence-electron chi connectivity index (χ2n) is 7.45. The van der Waals surface area contributed by atoms with E-state index in [4.69, 9.17) is 9.47 Å². The SMILES string of the molecule is CC(C)OC(=O)c1ccc(NC(=O)COC(=O)[C@H]2CS[C@]3(C)CCC(=O)N23)cc1. The molecule has 2 saturated heterocycles. The van der Waals surface area contributed by atoms with E-state index in [1.807, 2.05) is 6.92 Å². The van der Waals surface area contributed by atoms with Crippen molar-refractivity contribution in [3.63, 3.8) is 0 Å². The summed E-state index contributed by atoms with van der Waals surface area (Å²) in [6, 6.07) is 5.57. The number of rotatable bonds is 6. The number of thioether (sulfide) groups is 1. The third kappa shape index (κ3) is 4.72. The number of hydrogen-bond donors (Lipinski definition) is 1. The Balaban J connectivity index is 1.49. The summed E-state index contributed by atoms with van der Waals surface area (Å²) >= 11 is 1.57. The van der Waals surface area contributed by atoms with Crippen LogP contribution in [0.1, 0.15) is 44.0 Å². The first-order valence-corrected chi connectivity index (χ1v) is 10.4. The topological polar surface area (TPSA) is 102 Å². The number of benzene rings is 1. The molecule has 3 rings (SSSR count). The van der Waals surface area contributed by atoms with E-state index < -0.39 is 30.5 Å². The van der Waals surface area contributed by atoms with Crippen LogP contribution in [-0.2, 0) is 23.9 Å². The van der Waals surface area contributed by atoms with E-state index in [1.54, 1.807) is 54.8 Å². The molecule has 156 valence electrons. The predicted octanol–water partition coefficient (Wildman–Crippen LogP) is 2.19. The van der Waals surface area contributed by atoms with Crippen LogP contribution in [0.4, 0.5) is 5.69 Å². The van der Waals surface area contributed by atoms with Crippen molar-refractivity contribution in [3.8, 4) is 0 Å². The molecule has 2 atom stereocenters. The molecule has 29 heavy (non-hydrogen) atoms. The summed E-state index contributed by atoms with van der Waals surface area (Å²) in [5.74, 6) is -1.10. The van der Waals surface area contributed by atoms with Crippen molar-refractivity contribution < 1.29 is 28.7 Å². The van der Waals surface area contributed by atoms with Crippen molar-refractivity contribution in [3.05, 3.63) is 29.8 Å². The van der Waals surface area contributed by atoms with Gasteiger partial charge in [0.15, 0.2) is 6.61 Å².